The van der Waals surface area contributed by atoms with Gasteiger partial charge in [0.05, 0.1) is 10.4 Å². The molecule has 0 fully saturated rings. The highest BCUT2D eigenvalue weighted by Gasteiger charge is 2.15. The zero-order valence-electron chi connectivity index (χ0n) is 6.69. The van der Waals surface area contributed by atoms with E-state index in [-0.39, 0.29) is 15.9 Å². The Kier molecular flexibility index (Phi) is 2.07. The van der Waals surface area contributed by atoms with Crippen molar-refractivity contribution in [2.24, 2.45) is 0 Å². The number of nitrogens with zero attached hydrogens (tertiary/aromatic N) is 1. The summed E-state index contributed by atoms with van der Waals surface area (Å²) in [6.45, 7) is 0. The molecular weight excluding hydrogens is 215 g/mol. The van der Waals surface area contributed by atoms with Crippen LogP contribution in [0.1, 0.15) is 0 Å². The molecule has 0 bridgehead atoms. The van der Waals surface area contributed by atoms with Gasteiger partial charge in [0.2, 0.25) is 0 Å². The van der Waals surface area contributed by atoms with E-state index >= 15 is 0 Å². The van der Waals surface area contributed by atoms with Gasteiger partial charge in [-0.05, 0) is 6.07 Å². The SMILES string of the molecule is Fc1cc(F)c2nccc(Cl)c2c1F. The van der Waals surface area contributed by atoms with Crippen LogP contribution < -0.4 is 0 Å². The van der Waals surface area contributed by atoms with Crippen LogP contribution in [0.4, 0.5) is 13.2 Å². The normalized spacial score (nSPS) is 10.9. The average Bonchev–Trinajstić information content (AvgIpc) is 2.14. The van der Waals surface area contributed by atoms with Crippen molar-refractivity contribution in [1.82, 2.24) is 4.98 Å². The molecule has 1 heterocycles. The van der Waals surface area contributed by atoms with Gasteiger partial charge in [-0.2, -0.15) is 0 Å². The monoisotopic (exact) mass is 217 g/mol. The molecule has 5 heteroatoms. The van der Waals surface area contributed by atoms with E-state index in [0.29, 0.717) is 6.07 Å². The first-order chi connectivity index (χ1) is 6.61. The van der Waals surface area contributed by atoms with Gasteiger partial charge in [0, 0.05) is 12.3 Å². The van der Waals surface area contributed by atoms with E-state index < -0.39 is 17.5 Å². The maximum Gasteiger partial charge on any atom is 0.169 e. The van der Waals surface area contributed by atoms with Gasteiger partial charge in [-0.15, -0.1) is 0 Å². The smallest absolute Gasteiger partial charge is 0.169 e. The molecule has 1 nitrogen and oxygen atoms in total. The third-order valence-corrected chi connectivity index (χ3v) is 2.12. The van der Waals surface area contributed by atoms with Crippen LogP contribution in [0.25, 0.3) is 10.9 Å². The molecule has 0 aliphatic heterocycles. The molecule has 14 heavy (non-hydrogen) atoms. The maximum absolute atomic E-state index is 13.2. The van der Waals surface area contributed by atoms with E-state index in [0.717, 1.165) is 0 Å². The topological polar surface area (TPSA) is 12.9 Å². The van der Waals surface area contributed by atoms with Gasteiger partial charge >= 0.3 is 0 Å². The summed E-state index contributed by atoms with van der Waals surface area (Å²) in [7, 11) is 0. The Balaban J connectivity index is 3.03. The molecule has 1 aromatic heterocycles. The van der Waals surface area contributed by atoms with Gasteiger partial charge in [-0.1, -0.05) is 11.6 Å². The predicted molar refractivity (Wildman–Crippen MR) is 46.6 cm³/mol. The molecule has 0 saturated heterocycles. The molecule has 2 rings (SSSR count). The van der Waals surface area contributed by atoms with E-state index in [9.17, 15) is 13.2 Å². The van der Waals surface area contributed by atoms with Gasteiger partial charge in [0.25, 0.3) is 0 Å². The third kappa shape index (κ3) is 1.23. The van der Waals surface area contributed by atoms with Crippen molar-refractivity contribution in [3.05, 3.63) is 40.8 Å². The first-order valence-electron chi connectivity index (χ1n) is 3.69. The fourth-order valence-electron chi connectivity index (χ4n) is 1.19. The third-order valence-electron chi connectivity index (χ3n) is 1.81. The summed E-state index contributed by atoms with van der Waals surface area (Å²) >= 11 is 5.59. The lowest BCUT2D eigenvalue weighted by molar-refractivity contribution is 0.505. The molecule has 0 atom stereocenters. The Hall–Kier alpha value is -1.29. The van der Waals surface area contributed by atoms with Crippen LogP contribution in [0.2, 0.25) is 5.02 Å². The quantitative estimate of drug-likeness (QED) is 0.617. The molecule has 0 aliphatic rings. The van der Waals surface area contributed by atoms with Crippen LogP contribution in [0.15, 0.2) is 18.3 Å². The van der Waals surface area contributed by atoms with Crippen molar-refractivity contribution < 1.29 is 13.2 Å². The number of benzene rings is 1. The number of hydrogen-bond acceptors (Lipinski definition) is 1. The Bertz CT molecular complexity index is 513. The predicted octanol–water partition coefficient (Wildman–Crippen LogP) is 3.31. The van der Waals surface area contributed by atoms with Crippen molar-refractivity contribution in [2.45, 2.75) is 0 Å². The van der Waals surface area contributed by atoms with Crippen LogP contribution >= 0.6 is 11.6 Å². The zero-order chi connectivity index (χ0) is 10.3. The van der Waals surface area contributed by atoms with Gasteiger partial charge < -0.3 is 0 Å². The molecule has 0 unspecified atom stereocenters. The first kappa shape index (κ1) is 9.27. The van der Waals surface area contributed by atoms with Crippen molar-refractivity contribution in [2.75, 3.05) is 0 Å². The van der Waals surface area contributed by atoms with Crippen LogP contribution in [0, 0.1) is 17.5 Å². The highest BCUT2D eigenvalue weighted by Crippen LogP contribution is 2.27. The molecule has 0 radical (unpaired) electrons. The Morgan fingerprint density at radius 3 is 2.57 bits per heavy atom. The van der Waals surface area contributed by atoms with Crippen LogP contribution in [-0.2, 0) is 0 Å². The minimum Gasteiger partial charge on any atom is -0.253 e. The summed E-state index contributed by atoms with van der Waals surface area (Å²) in [5, 5.41) is -0.391. The largest absolute Gasteiger partial charge is 0.253 e. The molecule has 1 aromatic carbocycles. The molecule has 0 amide bonds. The second-order valence-corrected chi connectivity index (χ2v) is 3.08. The summed E-state index contributed by atoms with van der Waals surface area (Å²) in [6, 6.07) is 1.72. The Morgan fingerprint density at radius 1 is 1.14 bits per heavy atom. The first-order valence-corrected chi connectivity index (χ1v) is 4.07. The molecule has 0 saturated carbocycles. The molecule has 0 spiro atoms. The fourth-order valence-corrected chi connectivity index (χ4v) is 1.42. The lowest BCUT2D eigenvalue weighted by Crippen LogP contribution is -1.93. The van der Waals surface area contributed by atoms with Crippen molar-refractivity contribution >= 4 is 22.5 Å². The molecule has 0 N–H and O–H groups in total. The molecule has 2 aromatic rings. The lowest BCUT2D eigenvalue weighted by Gasteiger charge is -2.02. The Labute approximate surface area is 82.1 Å². The van der Waals surface area contributed by atoms with Gasteiger partial charge in [0.15, 0.2) is 17.5 Å². The summed E-state index contributed by atoms with van der Waals surface area (Å²) in [5.41, 5.74) is -0.267. The minimum absolute atomic E-state index is 0.0640. The van der Waals surface area contributed by atoms with Crippen molar-refractivity contribution in [1.29, 1.82) is 0 Å². The second kappa shape index (κ2) is 3.13. The number of pyridine rings is 1. The van der Waals surface area contributed by atoms with Crippen molar-refractivity contribution in [3.8, 4) is 0 Å². The summed E-state index contributed by atoms with van der Waals surface area (Å²) in [4.78, 5) is 3.58. The highest BCUT2D eigenvalue weighted by atomic mass is 35.5. The van der Waals surface area contributed by atoms with E-state index in [2.05, 4.69) is 4.98 Å². The van der Waals surface area contributed by atoms with Gasteiger partial charge in [0.1, 0.15) is 5.52 Å². The highest BCUT2D eigenvalue weighted by molar-refractivity contribution is 6.35. The van der Waals surface area contributed by atoms with Crippen LogP contribution in [0.5, 0.6) is 0 Å². The summed E-state index contributed by atoms with van der Waals surface area (Å²) in [5.74, 6) is -3.38. The molecule has 72 valence electrons. The summed E-state index contributed by atoms with van der Waals surface area (Å²) < 4.78 is 39.0. The summed E-state index contributed by atoms with van der Waals surface area (Å²) in [6.07, 6.45) is 1.23. The molecular formula is C9H3ClF3N. The number of aromatic nitrogens is 1. The van der Waals surface area contributed by atoms with Crippen LogP contribution in [-0.4, -0.2) is 4.98 Å². The number of rotatable bonds is 0. The average molecular weight is 218 g/mol. The number of halogens is 4. The van der Waals surface area contributed by atoms with Gasteiger partial charge in [-0.3, -0.25) is 4.98 Å². The van der Waals surface area contributed by atoms with Crippen LogP contribution in [0.3, 0.4) is 0 Å². The standard InChI is InChI=1S/C9H3ClF3N/c10-4-1-2-14-9-6(12)3-5(11)8(13)7(4)9/h1-3H. The fraction of sp³-hybridized carbons (Fsp3) is 0. The second-order valence-electron chi connectivity index (χ2n) is 2.67. The van der Waals surface area contributed by atoms with Gasteiger partial charge in [-0.25, -0.2) is 13.2 Å². The number of hydrogen-bond donors (Lipinski definition) is 0. The van der Waals surface area contributed by atoms with E-state index in [1.54, 1.807) is 0 Å². The number of fused-ring (bicyclic) bond motifs is 1. The zero-order valence-corrected chi connectivity index (χ0v) is 7.45. The van der Waals surface area contributed by atoms with E-state index in [1.807, 2.05) is 0 Å². The lowest BCUT2D eigenvalue weighted by atomic mass is 10.2. The van der Waals surface area contributed by atoms with E-state index in [1.165, 1.54) is 12.3 Å². The van der Waals surface area contributed by atoms with Crippen molar-refractivity contribution in [3.63, 3.8) is 0 Å². The molecule has 0 aliphatic carbocycles. The Morgan fingerprint density at radius 2 is 1.86 bits per heavy atom. The minimum atomic E-state index is -1.27. The maximum atomic E-state index is 13.2. The van der Waals surface area contributed by atoms with E-state index in [4.69, 9.17) is 11.6 Å².